The molecule has 0 bridgehead atoms. The molecule has 0 heterocycles. The highest BCUT2D eigenvalue weighted by Crippen LogP contribution is 2.17. The molecule has 1 N–H and O–H groups in total. The zero-order chi connectivity index (χ0) is 16.8. The van der Waals surface area contributed by atoms with Gasteiger partial charge >= 0.3 is 0 Å². The van der Waals surface area contributed by atoms with Crippen molar-refractivity contribution < 1.29 is 17.9 Å². The van der Waals surface area contributed by atoms with E-state index in [2.05, 4.69) is 19.2 Å². The van der Waals surface area contributed by atoms with Crippen molar-refractivity contribution in [1.29, 1.82) is 0 Å². The first-order valence-electron chi connectivity index (χ1n) is 7.15. The molecule has 0 radical (unpaired) electrons. The minimum atomic E-state index is -3.45. The van der Waals surface area contributed by atoms with Gasteiger partial charge in [0.15, 0.2) is 6.61 Å². The third-order valence-corrected chi connectivity index (χ3v) is 4.85. The maximum absolute atomic E-state index is 11.9. The van der Waals surface area contributed by atoms with Crippen LogP contribution in [0, 0.1) is 5.92 Å². The number of carbonyl (C=O) groups excluding carboxylic acids is 1. The Labute approximate surface area is 132 Å². The van der Waals surface area contributed by atoms with Gasteiger partial charge in [0.05, 0.1) is 4.90 Å². The van der Waals surface area contributed by atoms with Crippen LogP contribution in [0.5, 0.6) is 5.75 Å². The van der Waals surface area contributed by atoms with Crippen LogP contribution in [0.3, 0.4) is 0 Å². The van der Waals surface area contributed by atoms with E-state index < -0.39 is 10.0 Å². The Hall–Kier alpha value is -1.60. The molecule has 0 unspecified atom stereocenters. The van der Waals surface area contributed by atoms with Gasteiger partial charge in [0.1, 0.15) is 5.75 Å². The van der Waals surface area contributed by atoms with Crippen molar-refractivity contribution in [3.8, 4) is 5.75 Å². The summed E-state index contributed by atoms with van der Waals surface area (Å²) in [6.45, 7) is 4.72. The summed E-state index contributed by atoms with van der Waals surface area (Å²) in [5, 5.41) is 2.77. The Kier molecular flexibility index (Phi) is 6.83. The number of rotatable bonds is 8. The van der Waals surface area contributed by atoms with Crippen molar-refractivity contribution in [2.75, 3.05) is 27.2 Å². The Balaban J connectivity index is 2.50. The van der Waals surface area contributed by atoms with Crippen LogP contribution in [0.25, 0.3) is 0 Å². The largest absolute Gasteiger partial charge is 0.484 e. The zero-order valence-electron chi connectivity index (χ0n) is 13.5. The lowest BCUT2D eigenvalue weighted by Crippen LogP contribution is -2.30. The fourth-order valence-electron chi connectivity index (χ4n) is 1.62. The molecule has 124 valence electrons. The van der Waals surface area contributed by atoms with Gasteiger partial charge in [-0.1, -0.05) is 13.8 Å². The first kappa shape index (κ1) is 18.4. The minimum Gasteiger partial charge on any atom is -0.484 e. The SMILES string of the molecule is CC(C)CCNC(=O)COc1ccc(S(=O)(=O)N(C)C)cc1. The van der Waals surface area contributed by atoms with Crippen molar-refractivity contribution in [2.24, 2.45) is 5.92 Å². The number of sulfonamides is 1. The van der Waals surface area contributed by atoms with Crippen molar-refractivity contribution in [2.45, 2.75) is 25.2 Å². The van der Waals surface area contributed by atoms with Gasteiger partial charge in [0.25, 0.3) is 5.91 Å². The van der Waals surface area contributed by atoms with Crippen LogP contribution < -0.4 is 10.1 Å². The fraction of sp³-hybridized carbons (Fsp3) is 0.533. The first-order valence-corrected chi connectivity index (χ1v) is 8.59. The van der Waals surface area contributed by atoms with Gasteiger partial charge in [-0.25, -0.2) is 12.7 Å². The normalized spacial score (nSPS) is 11.7. The number of nitrogens with one attached hydrogen (secondary N) is 1. The molecular weight excluding hydrogens is 304 g/mol. The van der Waals surface area contributed by atoms with Crippen LogP contribution in [0.4, 0.5) is 0 Å². The van der Waals surface area contributed by atoms with E-state index in [1.165, 1.54) is 38.4 Å². The van der Waals surface area contributed by atoms with Crippen LogP contribution in [-0.4, -0.2) is 45.9 Å². The van der Waals surface area contributed by atoms with E-state index in [4.69, 9.17) is 4.74 Å². The molecule has 0 saturated carbocycles. The summed E-state index contributed by atoms with van der Waals surface area (Å²) in [4.78, 5) is 11.8. The predicted octanol–water partition coefficient (Wildman–Crippen LogP) is 1.48. The van der Waals surface area contributed by atoms with Crippen molar-refractivity contribution in [3.63, 3.8) is 0 Å². The third-order valence-electron chi connectivity index (χ3n) is 3.02. The Bertz CT molecular complexity index is 580. The van der Waals surface area contributed by atoms with Crippen LogP contribution in [0.15, 0.2) is 29.2 Å². The summed E-state index contributed by atoms with van der Waals surface area (Å²) in [6, 6.07) is 6.00. The number of hydrogen-bond acceptors (Lipinski definition) is 4. The molecule has 22 heavy (non-hydrogen) atoms. The minimum absolute atomic E-state index is 0.0854. The molecule has 0 spiro atoms. The molecule has 6 nitrogen and oxygen atoms in total. The fourth-order valence-corrected chi connectivity index (χ4v) is 2.52. The van der Waals surface area contributed by atoms with Gasteiger partial charge in [-0.3, -0.25) is 4.79 Å². The van der Waals surface area contributed by atoms with Gasteiger partial charge in [0.2, 0.25) is 10.0 Å². The van der Waals surface area contributed by atoms with E-state index in [1.807, 2.05) is 0 Å². The number of nitrogens with zero attached hydrogens (tertiary/aromatic N) is 1. The molecule has 0 aliphatic carbocycles. The third kappa shape index (κ3) is 5.65. The molecule has 1 aromatic rings. The van der Waals surface area contributed by atoms with Gasteiger partial charge in [-0.2, -0.15) is 0 Å². The number of hydrogen-bond donors (Lipinski definition) is 1. The Morgan fingerprint density at radius 1 is 1.23 bits per heavy atom. The topological polar surface area (TPSA) is 75.7 Å². The van der Waals surface area contributed by atoms with E-state index in [9.17, 15) is 13.2 Å². The second kappa shape index (κ2) is 8.14. The molecule has 0 fully saturated rings. The molecule has 0 saturated heterocycles. The highest BCUT2D eigenvalue weighted by Gasteiger charge is 2.16. The lowest BCUT2D eigenvalue weighted by molar-refractivity contribution is -0.123. The monoisotopic (exact) mass is 328 g/mol. The molecular formula is C15H24N2O4S. The quantitative estimate of drug-likeness (QED) is 0.784. The number of carbonyl (C=O) groups is 1. The summed E-state index contributed by atoms with van der Waals surface area (Å²) in [5.74, 6) is 0.801. The highest BCUT2D eigenvalue weighted by atomic mass is 32.2. The van der Waals surface area contributed by atoms with Crippen LogP contribution in [0.2, 0.25) is 0 Å². The van der Waals surface area contributed by atoms with E-state index in [0.29, 0.717) is 18.2 Å². The summed E-state index contributed by atoms with van der Waals surface area (Å²) in [6.07, 6.45) is 0.919. The van der Waals surface area contributed by atoms with E-state index in [0.717, 1.165) is 10.7 Å². The lowest BCUT2D eigenvalue weighted by Gasteiger charge is -2.12. The van der Waals surface area contributed by atoms with E-state index >= 15 is 0 Å². The lowest BCUT2D eigenvalue weighted by atomic mass is 10.1. The molecule has 1 amide bonds. The van der Waals surface area contributed by atoms with Gasteiger partial charge in [-0.15, -0.1) is 0 Å². The second-order valence-corrected chi connectivity index (χ2v) is 7.73. The van der Waals surface area contributed by atoms with Crippen LogP contribution in [0.1, 0.15) is 20.3 Å². The second-order valence-electron chi connectivity index (χ2n) is 5.58. The average molecular weight is 328 g/mol. The van der Waals surface area contributed by atoms with Crippen LogP contribution >= 0.6 is 0 Å². The van der Waals surface area contributed by atoms with Crippen molar-refractivity contribution >= 4 is 15.9 Å². The maximum Gasteiger partial charge on any atom is 0.257 e. The molecule has 1 rings (SSSR count). The smallest absolute Gasteiger partial charge is 0.257 e. The summed E-state index contributed by atoms with van der Waals surface area (Å²) in [5.41, 5.74) is 0. The summed E-state index contributed by atoms with van der Waals surface area (Å²) < 4.78 is 30.3. The molecule has 1 aromatic carbocycles. The highest BCUT2D eigenvalue weighted by molar-refractivity contribution is 7.89. The number of amides is 1. The van der Waals surface area contributed by atoms with Gasteiger partial charge in [0, 0.05) is 20.6 Å². The van der Waals surface area contributed by atoms with E-state index in [1.54, 1.807) is 0 Å². The standard InChI is InChI=1S/C15H24N2O4S/c1-12(2)9-10-16-15(18)11-21-13-5-7-14(8-6-13)22(19,20)17(3)4/h5-8,12H,9-11H2,1-4H3,(H,16,18). The number of ether oxygens (including phenoxy) is 1. The average Bonchev–Trinajstić information content (AvgIpc) is 2.45. The number of benzene rings is 1. The van der Waals surface area contributed by atoms with Gasteiger partial charge < -0.3 is 10.1 Å². The molecule has 0 atom stereocenters. The molecule has 0 aliphatic heterocycles. The summed E-state index contributed by atoms with van der Waals surface area (Å²) >= 11 is 0. The molecule has 0 aromatic heterocycles. The van der Waals surface area contributed by atoms with Crippen LogP contribution in [-0.2, 0) is 14.8 Å². The van der Waals surface area contributed by atoms with E-state index in [-0.39, 0.29) is 17.4 Å². The maximum atomic E-state index is 11.9. The zero-order valence-corrected chi connectivity index (χ0v) is 14.3. The van der Waals surface area contributed by atoms with Crippen molar-refractivity contribution in [3.05, 3.63) is 24.3 Å². The molecule has 0 aliphatic rings. The summed E-state index contributed by atoms with van der Waals surface area (Å²) in [7, 11) is -0.500. The van der Waals surface area contributed by atoms with Gasteiger partial charge in [-0.05, 0) is 36.6 Å². The Morgan fingerprint density at radius 3 is 2.32 bits per heavy atom. The Morgan fingerprint density at radius 2 is 1.82 bits per heavy atom. The predicted molar refractivity (Wildman–Crippen MR) is 85.3 cm³/mol. The molecule has 7 heteroatoms. The first-order chi connectivity index (χ1) is 10.2. The van der Waals surface area contributed by atoms with Crippen molar-refractivity contribution in [1.82, 2.24) is 9.62 Å².